The van der Waals surface area contributed by atoms with Crippen LogP contribution >= 0.6 is 0 Å². The Morgan fingerprint density at radius 1 is 0.833 bits per heavy atom. The molecule has 0 spiro atoms. The van der Waals surface area contributed by atoms with Gasteiger partial charge < -0.3 is 5.32 Å². The van der Waals surface area contributed by atoms with Gasteiger partial charge in [0.25, 0.3) is 0 Å². The number of rotatable bonds is 9. The zero-order valence-electron chi connectivity index (χ0n) is 20.5. The van der Waals surface area contributed by atoms with Gasteiger partial charge in [-0.2, -0.15) is 4.31 Å². The summed E-state index contributed by atoms with van der Waals surface area (Å²) in [5, 5.41) is 2.84. The van der Waals surface area contributed by atoms with Crippen molar-refractivity contribution in [2.45, 2.75) is 49.8 Å². The van der Waals surface area contributed by atoms with E-state index in [1.807, 2.05) is 30.3 Å². The topological polar surface area (TPSA) is 104 Å². The molecule has 2 saturated heterocycles. The van der Waals surface area contributed by atoms with E-state index >= 15 is 0 Å². The number of hydrogen-bond acceptors (Lipinski definition) is 5. The van der Waals surface area contributed by atoms with Crippen molar-refractivity contribution in [1.29, 1.82) is 0 Å². The third kappa shape index (κ3) is 6.73. The molecule has 1 atom stereocenters. The molecular formula is C26H35N3O5S2. The molecule has 1 unspecified atom stereocenters. The van der Waals surface area contributed by atoms with E-state index in [2.05, 4.69) is 5.32 Å². The lowest BCUT2D eigenvalue weighted by atomic mass is 9.99. The molecule has 196 valence electrons. The number of nitrogens with zero attached hydrogens (tertiary/aromatic N) is 2. The van der Waals surface area contributed by atoms with Gasteiger partial charge in [-0.3, -0.25) is 4.79 Å². The fourth-order valence-corrected chi connectivity index (χ4v) is 7.95. The molecule has 4 rings (SSSR count). The Kier molecular flexibility index (Phi) is 8.82. The van der Waals surface area contributed by atoms with Gasteiger partial charge in [0, 0.05) is 31.9 Å². The first-order chi connectivity index (χ1) is 17.3. The Bertz CT molecular complexity index is 1230. The van der Waals surface area contributed by atoms with Crippen LogP contribution in [-0.4, -0.2) is 63.3 Å². The number of aryl methyl sites for hydroxylation is 1. The molecule has 2 aromatic carbocycles. The third-order valence-corrected chi connectivity index (χ3v) is 10.8. The number of piperidine rings is 2. The summed E-state index contributed by atoms with van der Waals surface area (Å²) in [5.41, 5.74) is 1.61. The summed E-state index contributed by atoms with van der Waals surface area (Å²) in [5.74, 6) is -0.631. The highest BCUT2D eigenvalue weighted by atomic mass is 32.2. The van der Waals surface area contributed by atoms with E-state index in [4.69, 9.17) is 0 Å². The van der Waals surface area contributed by atoms with E-state index in [0.717, 1.165) is 24.8 Å². The molecular weight excluding hydrogens is 498 g/mol. The van der Waals surface area contributed by atoms with Crippen molar-refractivity contribution in [2.75, 3.05) is 37.2 Å². The number of hydrogen-bond donors (Lipinski definition) is 1. The number of sulfonamides is 2. The van der Waals surface area contributed by atoms with Crippen LogP contribution < -0.4 is 5.32 Å². The normalized spacial score (nSPS) is 20.2. The van der Waals surface area contributed by atoms with E-state index in [9.17, 15) is 21.6 Å². The summed E-state index contributed by atoms with van der Waals surface area (Å²) < 4.78 is 54.4. The fraction of sp³-hybridized carbons (Fsp3) is 0.500. The first-order valence-electron chi connectivity index (χ1n) is 12.7. The van der Waals surface area contributed by atoms with E-state index in [-0.39, 0.29) is 23.1 Å². The van der Waals surface area contributed by atoms with Crippen molar-refractivity contribution in [3.63, 3.8) is 0 Å². The first kappa shape index (κ1) is 26.8. The van der Waals surface area contributed by atoms with Crippen molar-refractivity contribution in [3.05, 3.63) is 60.2 Å². The van der Waals surface area contributed by atoms with Crippen LogP contribution in [-0.2, 0) is 31.3 Å². The van der Waals surface area contributed by atoms with Gasteiger partial charge in [0.05, 0.1) is 16.6 Å². The second kappa shape index (κ2) is 11.9. The molecule has 2 heterocycles. The summed E-state index contributed by atoms with van der Waals surface area (Å²) in [6.45, 7) is 1.67. The molecule has 10 heteroatoms. The molecule has 2 aromatic rings. The highest BCUT2D eigenvalue weighted by Crippen LogP contribution is 2.24. The largest absolute Gasteiger partial charge is 0.326 e. The maximum absolute atomic E-state index is 12.9. The summed E-state index contributed by atoms with van der Waals surface area (Å²) in [6, 6.07) is 16.0. The number of carbonyl (C=O) groups excluding carboxylic acids is 1. The Labute approximate surface area is 214 Å². The van der Waals surface area contributed by atoms with Crippen molar-refractivity contribution >= 4 is 31.6 Å². The Balaban J connectivity index is 1.31. The summed E-state index contributed by atoms with van der Waals surface area (Å²) in [6.07, 6.45) is 5.26. The van der Waals surface area contributed by atoms with Crippen LogP contribution in [0.25, 0.3) is 0 Å². The van der Waals surface area contributed by atoms with Gasteiger partial charge in [0.15, 0.2) is 0 Å². The van der Waals surface area contributed by atoms with Crippen molar-refractivity contribution in [1.82, 2.24) is 8.61 Å². The lowest BCUT2D eigenvalue weighted by Crippen LogP contribution is -2.44. The summed E-state index contributed by atoms with van der Waals surface area (Å²) in [7, 11) is -6.97. The second-order valence-electron chi connectivity index (χ2n) is 9.58. The van der Waals surface area contributed by atoms with E-state index < -0.39 is 26.0 Å². The average Bonchev–Trinajstić information content (AvgIpc) is 2.90. The highest BCUT2D eigenvalue weighted by molar-refractivity contribution is 7.89. The van der Waals surface area contributed by atoms with Crippen molar-refractivity contribution in [3.8, 4) is 0 Å². The number of nitrogens with one attached hydrogen (secondary N) is 1. The fourth-order valence-electron chi connectivity index (χ4n) is 4.85. The zero-order valence-corrected chi connectivity index (χ0v) is 22.1. The predicted octanol–water partition coefficient (Wildman–Crippen LogP) is 3.47. The minimum Gasteiger partial charge on any atom is -0.326 e. The van der Waals surface area contributed by atoms with Crippen LogP contribution in [0.5, 0.6) is 0 Å². The van der Waals surface area contributed by atoms with Crippen LogP contribution in [0, 0.1) is 5.92 Å². The number of anilines is 1. The van der Waals surface area contributed by atoms with Gasteiger partial charge in [-0.05, 0) is 68.4 Å². The number of carbonyl (C=O) groups is 1. The zero-order chi connectivity index (χ0) is 25.6. The first-order valence-corrected chi connectivity index (χ1v) is 15.7. The molecule has 0 radical (unpaired) electrons. The SMILES string of the molecule is O=C(Nc1ccc(S(=O)(=O)N2CCCCC2)cc1)C1CCCN(S(=O)(=O)CCCc2ccccc2)C1. The van der Waals surface area contributed by atoms with Crippen molar-refractivity contribution < 1.29 is 21.6 Å². The number of benzene rings is 2. The molecule has 2 aliphatic heterocycles. The van der Waals surface area contributed by atoms with Gasteiger partial charge in [0.2, 0.25) is 26.0 Å². The quantitative estimate of drug-likeness (QED) is 0.532. The molecule has 1 amide bonds. The number of amides is 1. The highest BCUT2D eigenvalue weighted by Gasteiger charge is 2.32. The lowest BCUT2D eigenvalue weighted by molar-refractivity contribution is -0.120. The smallest absolute Gasteiger partial charge is 0.243 e. The van der Waals surface area contributed by atoms with Crippen molar-refractivity contribution in [2.24, 2.45) is 5.92 Å². The molecule has 0 aliphatic carbocycles. The Morgan fingerprint density at radius 3 is 2.19 bits per heavy atom. The lowest BCUT2D eigenvalue weighted by Gasteiger charge is -2.31. The molecule has 0 aromatic heterocycles. The minimum absolute atomic E-state index is 0.0587. The summed E-state index contributed by atoms with van der Waals surface area (Å²) >= 11 is 0. The van der Waals surface area contributed by atoms with Gasteiger partial charge in [0.1, 0.15) is 0 Å². The van der Waals surface area contributed by atoms with E-state index in [0.29, 0.717) is 51.0 Å². The van der Waals surface area contributed by atoms with Crippen LogP contribution in [0.4, 0.5) is 5.69 Å². The van der Waals surface area contributed by atoms with Crippen LogP contribution in [0.15, 0.2) is 59.5 Å². The predicted molar refractivity (Wildman–Crippen MR) is 141 cm³/mol. The second-order valence-corrected chi connectivity index (χ2v) is 13.6. The van der Waals surface area contributed by atoms with E-state index in [1.54, 1.807) is 12.1 Å². The van der Waals surface area contributed by atoms with Crippen LogP contribution in [0.1, 0.15) is 44.1 Å². The monoisotopic (exact) mass is 533 g/mol. The average molecular weight is 534 g/mol. The summed E-state index contributed by atoms with van der Waals surface area (Å²) in [4.78, 5) is 13.1. The molecule has 1 N–H and O–H groups in total. The maximum atomic E-state index is 12.9. The molecule has 0 saturated carbocycles. The maximum Gasteiger partial charge on any atom is 0.243 e. The van der Waals surface area contributed by atoms with Gasteiger partial charge in [-0.1, -0.05) is 36.8 Å². The molecule has 2 fully saturated rings. The Morgan fingerprint density at radius 2 is 1.50 bits per heavy atom. The molecule has 2 aliphatic rings. The minimum atomic E-state index is -3.53. The third-order valence-electron chi connectivity index (χ3n) is 6.93. The van der Waals surface area contributed by atoms with E-state index in [1.165, 1.54) is 20.7 Å². The molecule has 36 heavy (non-hydrogen) atoms. The van der Waals surface area contributed by atoms with Gasteiger partial charge in [-0.15, -0.1) is 0 Å². The van der Waals surface area contributed by atoms with Crippen LogP contribution in [0.3, 0.4) is 0 Å². The van der Waals surface area contributed by atoms with Gasteiger partial charge >= 0.3 is 0 Å². The molecule has 8 nitrogen and oxygen atoms in total. The van der Waals surface area contributed by atoms with Crippen LogP contribution in [0.2, 0.25) is 0 Å². The van der Waals surface area contributed by atoms with Gasteiger partial charge in [-0.25, -0.2) is 21.1 Å². The molecule has 0 bridgehead atoms. The standard InChI is InChI=1S/C26H35N3O5S2/c30-26(27-24-13-15-25(16-14-24)36(33,34)28-17-5-2-6-18-28)23-12-7-19-29(21-23)35(31,32)20-8-11-22-9-3-1-4-10-22/h1,3-4,9-10,13-16,23H,2,5-8,11-12,17-21H2,(H,27,30). The Hall–Kier alpha value is -2.27.